The first kappa shape index (κ1) is 23.4. The summed E-state index contributed by atoms with van der Waals surface area (Å²) in [6, 6.07) is 12.5. The van der Waals surface area contributed by atoms with Gasteiger partial charge in [0, 0.05) is 25.1 Å². The molecule has 0 aliphatic rings. The molecule has 0 aliphatic carbocycles. The van der Waals surface area contributed by atoms with E-state index >= 15 is 0 Å². The Kier molecular flexibility index (Phi) is 7.24. The number of imidazole rings is 1. The smallest absolute Gasteiger partial charge is 0.336 e. The number of benzene rings is 2. The number of likely N-dealkylation sites (N-methyl/N-ethyl adjacent to an activating group) is 1. The number of anilines is 1. The minimum absolute atomic E-state index is 0.0196. The fraction of sp³-hybridized carbons (Fsp3) is 0.227. The first-order valence-electron chi connectivity index (χ1n) is 9.58. The van der Waals surface area contributed by atoms with Crippen LogP contribution in [0.2, 0.25) is 0 Å². The molecule has 0 bridgehead atoms. The predicted octanol–water partition coefficient (Wildman–Crippen LogP) is 4.39. The minimum Gasteiger partial charge on any atom is -0.336 e. The third kappa shape index (κ3) is 5.91. The zero-order valence-corrected chi connectivity index (χ0v) is 18.2. The SMILES string of the molecule is Cc1cccc(-n2ccnc2SCC(=O)N(C)CC(=O)Nc2ccccc2C(F)(F)F)c1. The van der Waals surface area contributed by atoms with Gasteiger partial charge in [-0.05, 0) is 36.8 Å². The van der Waals surface area contributed by atoms with Crippen LogP contribution in [0.4, 0.5) is 18.9 Å². The number of rotatable bonds is 7. The molecular formula is C22H21F3N4O2S. The van der Waals surface area contributed by atoms with Gasteiger partial charge in [-0.3, -0.25) is 14.2 Å². The van der Waals surface area contributed by atoms with Crippen LogP contribution in [-0.4, -0.2) is 45.6 Å². The summed E-state index contributed by atoms with van der Waals surface area (Å²) in [5, 5.41) is 2.84. The van der Waals surface area contributed by atoms with E-state index in [0.29, 0.717) is 5.16 Å². The van der Waals surface area contributed by atoms with Gasteiger partial charge in [-0.2, -0.15) is 13.2 Å². The maximum absolute atomic E-state index is 13.1. The molecule has 3 rings (SSSR count). The first-order valence-corrected chi connectivity index (χ1v) is 10.6. The summed E-state index contributed by atoms with van der Waals surface area (Å²) >= 11 is 1.21. The van der Waals surface area contributed by atoms with Crippen molar-refractivity contribution < 1.29 is 22.8 Å². The van der Waals surface area contributed by atoms with E-state index in [1.165, 1.54) is 41.9 Å². The summed E-state index contributed by atoms with van der Waals surface area (Å²) in [7, 11) is 1.42. The second-order valence-electron chi connectivity index (χ2n) is 7.05. The fourth-order valence-corrected chi connectivity index (χ4v) is 3.85. The lowest BCUT2D eigenvalue weighted by atomic mass is 10.1. The number of alkyl halides is 3. The molecule has 0 fully saturated rings. The molecule has 0 saturated carbocycles. The van der Waals surface area contributed by atoms with Gasteiger partial charge in [0.2, 0.25) is 11.8 Å². The van der Waals surface area contributed by atoms with Crippen molar-refractivity contribution in [3.8, 4) is 5.69 Å². The average Bonchev–Trinajstić information content (AvgIpc) is 3.20. The highest BCUT2D eigenvalue weighted by atomic mass is 32.2. The Morgan fingerprint density at radius 3 is 2.62 bits per heavy atom. The van der Waals surface area contributed by atoms with Gasteiger partial charge in [0.1, 0.15) is 0 Å². The van der Waals surface area contributed by atoms with Crippen LogP contribution >= 0.6 is 11.8 Å². The molecule has 32 heavy (non-hydrogen) atoms. The molecule has 3 aromatic rings. The second-order valence-corrected chi connectivity index (χ2v) is 7.99. The van der Waals surface area contributed by atoms with Crippen LogP contribution in [0.3, 0.4) is 0 Å². The quantitative estimate of drug-likeness (QED) is 0.529. The molecule has 0 saturated heterocycles. The second kappa shape index (κ2) is 9.90. The Balaban J connectivity index is 1.58. The van der Waals surface area contributed by atoms with E-state index < -0.39 is 17.6 Å². The predicted molar refractivity (Wildman–Crippen MR) is 117 cm³/mol. The standard InChI is InChI=1S/C22H21F3N4O2S/c1-15-6-5-7-16(12-15)29-11-10-26-21(29)32-14-20(31)28(2)13-19(30)27-18-9-4-3-8-17(18)22(23,24)25/h3-12H,13-14H2,1-2H3,(H,27,30). The van der Waals surface area contributed by atoms with Gasteiger partial charge in [-0.25, -0.2) is 4.98 Å². The number of amides is 2. The Morgan fingerprint density at radius 2 is 1.91 bits per heavy atom. The monoisotopic (exact) mass is 462 g/mol. The molecule has 1 heterocycles. The van der Waals surface area contributed by atoms with Gasteiger partial charge < -0.3 is 10.2 Å². The molecule has 1 N–H and O–H groups in total. The number of thioether (sulfide) groups is 1. The van der Waals surface area contributed by atoms with Crippen LogP contribution in [-0.2, 0) is 15.8 Å². The molecule has 0 atom stereocenters. The highest BCUT2D eigenvalue weighted by Crippen LogP contribution is 2.34. The third-order valence-corrected chi connectivity index (χ3v) is 5.48. The summed E-state index contributed by atoms with van der Waals surface area (Å²) < 4.78 is 41.1. The minimum atomic E-state index is -4.60. The lowest BCUT2D eigenvalue weighted by Crippen LogP contribution is -2.36. The number of para-hydroxylation sites is 1. The van der Waals surface area contributed by atoms with Crippen molar-refractivity contribution in [2.45, 2.75) is 18.3 Å². The number of carbonyl (C=O) groups excluding carboxylic acids is 2. The van der Waals surface area contributed by atoms with Gasteiger partial charge in [0.15, 0.2) is 5.16 Å². The fourth-order valence-electron chi connectivity index (χ4n) is 2.94. The van der Waals surface area contributed by atoms with Crippen molar-refractivity contribution in [2.24, 2.45) is 0 Å². The van der Waals surface area contributed by atoms with Gasteiger partial charge in [0.25, 0.3) is 0 Å². The summed E-state index contributed by atoms with van der Waals surface area (Å²) in [6.45, 7) is 1.60. The number of aryl methyl sites for hydroxylation is 1. The Bertz CT molecular complexity index is 1110. The van der Waals surface area contributed by atoms with Gasteiger partial charge in [0.05, 0.1) is 23.5 Å². The summed E-state index contributed by atoms with van der Waals surface area (Å²) in [6.07, 6.45) is -1.18. The molecule has 0 unspecified atom stereocenters. The highest BCUT2D eigenvalue weighted by molar-refractivity contribution is 7.99. The van der Waals surface area contributed by atoms with E-state index in [2.05, 4.69) is 10.3 Å². The molecule has 10 heteroatoms. The van der Waals surface area contributed by atoms with E-state index in [0.717, 1.165) is 17.3 Å². The topological polar surface area (TPSA) is 67.2 Å². The summed E-state index contributed by atoms with van der Waals surface area (Å²) in [4.78, 5) is 30.1. The van der Waals surface area contributed by atoms with E-state index in [1.54, 1.807) is 12.4 Å². The van der Waals surface area contributed by atoms with Crippen molar-refractivity contribution in [2.75, 3.05) is 24.7 Å². The maximum atomic E-state index is 13.1. The molecule has 2 amide bonds. The Morgan fingerprint density at radius 1 is 1.16 bits per heavy atom. The Hall–Kier alpha value is -3.27. The Labute approximate surface area is 187 Å². The molecule has 168 valence electrons. The van der Waals surface area contributed by atoms with Crippen molar-refractivity contribution in [3.05, 3.63) is 72.1 Å². The van der Waals surface area contributed by atoms with Crippen LogP contribution < -0.4 is 5.32 Å². The van der Waals surface area contributed by atoms with Gasteiger partial charge in [-0.15, -0.1) is 0 Å². The van der Waals surface area contributed by atoms with E-state index in [9.17, 15) is 22.8 Å². The van der Waals surface area contributed by atoms with Crippen LogP contribution in [0.15, 0.2) is 66.1 Å². The van der Waals surface area contributed by atoms with Crippen LogP contribution in [0.1, 0.15) is 11.1 Å². The summed E-state index contributed by atoms with van der Waals surface area (Å²) in [5.74, 6) is -1.05. The number of nitrogens with one attached hydrogen (secondary N) is 1. The largest absolute Gasteiger partial charge is 0.418 e. The zero-order valence-electron chi connectivity index (χ0n) is 17.4. The average molecular weight is 462 g/mol. The van der Waals surface area contributed by atoms with Crippen molar-refractivity contribution in [1.82, 2.24) is 14.5 Å². The molecule has 6 nitrogen and oxygen atoms in total. The van der Waals surface area contributed by atoms with Crippen molar-refractivity contribution in [3.63, 3.8) is 0 Å². The number of aromatic nitrogens is 2. The van der Waals surface area contributed by atoms with Crippen molar-refractivity contribution in [1.29, 1.82) is 0 Å². The number of halogens is 3. The van der Waals surface area contributed by atoms with E-state index in [-0.39, 0.29) is 23.9 Å². The number of hydrogen-bond acceptors (Lipinski definition) is 4. The normalized spacial score (nSPS) is 11.3. The first-order chi connectivity index (χ1) is 15.1. The molecule has 2 aromatic carbocycles. The lowest BCUT2D eigenvalue weighted by molar-refractivity contribution is -0.137. The van der Waals surface area contributed by atoms with Crippen LogP contribution in [0, 0.1) is 6.92 Å². The van der Waals surface area contributed by atoms with E-state index in [4.69, 9.17) is 0 Å². The van der Waals surface area contributed by atoms with Gasteiger partial charge in [-0.1, -0.05) is 36.0 Å². The molecule has 0 aliphatic heterocycles. The third-order valence-electron chi connectivity index (χ3n) is 4.52. The number of carbonyl (C=O) groups is 2. The molecule has 0 radical (unpaired) electrons. The lowest BCUT2D eigenvalue weighted by Gasteiger charge is -2.18. The van der Waals surface area contributed by atoms with Crippen LogP contribution in [0.5, 0.6) is 0 Å². The number of nitrogens with zero attached hydrogens (tertiary/aromatic N) is 3. The summed E-state index contributed by atoms with van der Waals surface area (Å²) in [5.41, 5.74) is 0.704. The van der Waals surface area contributed by atoms with Crippen molar-refractivity contribution >= 4 is 29.3 Å². The zero-order chi connectivity index (χ0) is 23.3. The van der Waals surface area contributed by atoms with Crippen LogP contribution in [0.25, 0.3) is 5.69 Å². The highest BCUT2D eigenvalue weighted by Gasteiger charge is 2.33. The van der Waals surface area contributed by atoms with Gasteiger partial charge >= 0.3 is 6.18 Å². The van der Waals surface area contributed by atoms with E-state index in [1.807, 2.05) is 35.8 Å². The molecular weight excluding hydrogens is 441 g/mol. The number of hydrogen-bond donors (Lipinski definition) is 1. The molecule has 0 spiro atoms. The molecule has 1 aromatic heterocycles. The maximum Gasteiger partial charge on any atom is 0.418 e.